The fraction of sp³-hybridized carbons (Fsp3) is 0.267. The van der Waals surface area contributed by atoms with E-state index in [1.165, 1.54) is 7.11 Å². The summed E-state index contributed by atoms with van der Waals surface area (Å²) in [6.45, 7) is 2.78. The Morgan fingerprint density at radius 3 is 2.77 bits per heavy atom. The first-order chi connectivity index (χ1) is 10.5. The summed E-state index contributed by atoms with van der Waals surface area (Å²) in [4.78, 5) is 13.3. The second-order valence-electron chi connectivity index (χ2n) is 4.31. The molecule has 4 nitrogen and oxygen atoms in total. The molecule has 0 saturated carbocycles. The van der Waals surface area contributed by atoms with Gasteiger partial charge in [-0.25, -0.2) is 0 Å². The fourth-order valence-electron chi connectivity index (χ4n) is 1.85. The van der Waals surface area contributed by atoms with Crippen LogP contribution in [0.3, 0.4) is 0 Å². The molecule has 2 rings (SSSR count). The monoisotopic (exact) mass is 403 g/mol. The highest BCUT2D eigenvalue weighted by molar-refractivity contribution is 9.11. The van der Waals surface area contributed by atoms with Gasteiger partial charge in [0, 0.05) is 10.4 Å². The number of amides is 1. The second-order valence-corrected chi connectivity index (χ2v) is 7.27. The molecule has 118 valence electrons. The molecule has 0 atom stereocenters. The maximum Gasteiger partial charge on any atom is 0.251 e. The molecule has 0 saturated heterocycles. The van der Waals surface area contributed by atoms with E-state index in [9.17, 15) is 4.79 Å². The summed E-state index contributed by atoms with van der Waals surface area (Å²) in [6, 6.07) is 7.11. The molecule has 0 unspecified atom stereocenters. The zero-order valence-corrected chi connectivity index (χ0v) is 15.3. The van der Waals surface area contributed by atoms with Gasteiger partial charge in [-0.2, -0.15) is 0 Å². The number of hydrogen-bond acceptors (Lipinski definition) is 4. The second kappa shape index (κ2) is 7.85. The topological polar surface area (TPSA) is 47.6 Å². The van der Waals surface area contributed by atoms with Gasteiger partial charge >= 0.3 is 0 Å². The molecule has 1 amide bonds. The number of halogens is 2. The molecule has 0 radical (unpaired) electrons. The first-order valence-corrected chi connectivity index (χ1v) is 8.56. The van der Waals surface area contributed by atoms with Crippen LogP contribution in [0.2, 0.25) is 5.02 Å². The predicted octanol–water partition coefficient (Wildman–Crippen LogP) is 4.50. The smallest absolute Gasteiger partial charge is 0.251 e. The number of hydrogen-bond donors (Lipinski definition) is 1. The minimum absolute atomic E-state index is 0.215. The molecule has 0 aliphatic heterocycles. The number of carbonyl (C=O) groups is 1. The Bertz CT molecular complexity index is 675. The van der Waals surface area contributed by atoms with Crippen molar-refractivity contribution in [1.29, 1.82) is 0 Å². The third-order valence-electron chi connectivity index (χ3n) is 2.83. The molecular weight excluding hydrogens is 390 g/mol. The van der Waals surface area contributed by atoms with Gasteiger partial charge in [0.25, 0.3) is 5.91 Å². The number of carbonyl (C=O) groups excluding carboxylic acids is 1. The van der Waals surface area contributed by atoms with Crippen LogP contribution in [0.1, 0.15) is 22.2 Å². The Kier molecular flexibility index (Phi) is 6.11. The molecule has 22 heavy (non-hydrogen) atoms. The molecule has 7 heteroatoms. The lowest BCUT2D eigenvalue weighted by atomic mass is 10.2. The first kappa shape index (κ1) is 17.1. The summed E-state index contributed by atoms with van der Waals surface area (Å²) in [7, 11) is 1.51. The average Bonchev–Trinajstić information content (AvgIpc) is 2.92. The van der Waals surface area contributed by atoms with E-state index in [-0.39, 0.29) is 5.91 Å². The Morgan fingerprint density at radius 1 is 1.41 bits per heavy atom. The van der Waals surface area contributed by atoms with Gasteiger partial charge in [0.05, 0.1) is 29.1 Å². The van der Waals surface area contributed by atoms with Gasteiger partial charge in [-0.05, 0) is 47.1 Å². The summed E-state index contributed by atoms with van der Waals surface area (Å²) < 4.78 is 11.7. The number of ether oxygens (including phenoxy) is 2. The lowest BCUT2D eigenvalue weighted by molar-refractivity contribution is 0.0951. The lowest BCUT2D eigenvalue weighted by Crippen LogP contribution is -2.22. The number of benzene rings is 1. The van der Waals surface area contributed by atoms with Crippen LogP contribution >= 0.6 is 38.9 Å². The van der Waals surface area contributed by atoms with Crippen LogP contribution in [0.5, 0.6) is 11.5 Å². The molecule has 0 bridgehead atoms. The zero-order valence-electron chi connectivity index (χ0n) is 12.1. The number of rotatable bonds is 6. The largest absolute Gasteiger partial charge is 0.493 e. The maximum absolute atomic E-state index is 12.2. The van der Waals surface area contributed by atoms with Gasteiger partial charge in [-0.1, -0.05) is 11.6 Å². The van der Waals surface area contributed by atoms with E-state index < -0.39 is 0 Å². The van der Waals surface area contributed by atoms with Crippen molar-refractivity contribution in [1.82, 2.24) is 5.32 Å². The Hall–Kier alpha value is -1.24. The lowest BCUT2D eigenvalue weighted by Gasteiger charge is -2.13. The molecule has 0 fully saturated rings. The highest BCUT2D eigenvalue weighted by Gasteiger charge is 2.15. The summed E-state index contributed by atoms with van der Waals surface area (Å²) in [5.74, 6) is 0.677. The SMILES string of the molecule is CCOc1c(Cl)cc(C(=O)NCc2ccc(Br)s2)cc1OC. The van der Waals surface area contributed by atoms with E-state index in [4.69, 9.17) is 21.1 Å². The van der Waals surface area contributed by atoms with Gasteiger partial charge < -0.3 is 14.8 Å². The molecule has 0 aliphatic carbocycles. The summed E-state index contributed by atoms with van der Waals surface area (Å²) in [6.07, 6.45) is 0. The molecular formula is C15H15BrClNO3S. The van der Waals surface area contributed by atoms with Crippen molar-refractivity contribution in [2.45, 2.75) is 13.5 Å². The van der Waals surface area contributed by atoms with Gasteiger partial charge in [0.15, 0.2) is 11.5 Å². The van der Waals surface area contributed by atoms with E-state index in [0.717, 1.165) is 8.66 Å². The van der Waals surface area contributed by atoms with Crippen molar-refractivity contribution in [2.75, 3.05) is 13.7 Å². The van der Waals surface area contributed by atoms with Crippen LogP contribution in [0.15, 0.2) is 28.1 Å². The van der Waals surface area contributed by atoms with Crippen LogP contribution in [0.4, 0.5) is 0 Å². The van der Waals surface area contributed by atoms with Crippen LogP contribution in [-0.4, -0.2) is 19.6 Å². The van der Waals surface area contributed by atoms with E-state index in [1.807, 2.05) is 19.1 Å². The van der Waals surface area contributed by atoms with Crippen LogP contribution in [0.25, 0.3) is 0 Å². The van der Waals surface area contributed by atoms with E-state index in [0.29, 0.717) is 35.2 Å². The average molecular weight is 405 g/mol. The van der Waals surface area contributed by atoms with Crippen molar-refractivity contribution in [3.05, 3.63) is 43.5 Å². The van der Waals surface area contributed by atoms with Gasteiger partial charge in [-0.15, -0.1) is 11.3 Å². The third-order valence-corrected chi connectivity index (χ3v) is 4.74. The van der Waals surface area contributed by atoms with Gasteiger partial charge in [-0.3, -0.25) is 4.79 Å². The van der Waals surface area contributed by atoms with Crippen molar-refractivity contribution < 1.29 is 14.3 Å². The standard InChI is InChI=1S/C15H15BrClNO3S/c1-3-21-14-11(17)6-9(7-12(14)20-2)15(19)18-8-10-4-5-13(16)22-10/h4-7H,3,8H2,1-2H3,(H,18,19). The van der Waals surface area contributed by atoms with E-state index in [1.54, 1.807) is 23.5 Å². The summed E-state index contributed by atoms with van der Waals surface area (Å²) >= 11 is 11.1. The Labute approximate surface area is 146 Å². The van der Waals surface area contributed by atoms with Crippen LogP contribution in [0, 0.1) is 0 Å². The molecule has 1 N–H and O–H groups in total. The number of thiophene rings is 1. The van der Waals surface area contributed by atoms with Crippen molar-refractivity contribution in [3.63, 3.8) is 0 Å². The normalized spacial score (nSPS) is 10.4. The Balaban J connectivity index is 2.13. The van der Waals surface area contributed by atoms with Crippen molar-refractivity contribution in [3.8, 4) is 11.5 Å². The Morgan fingerprint density at radius 2 is 2.18 bits per heavy atom. The quantitative estimate of drug-likeness (QED) is 0.771. The molecule has 0 spiro atoms. The molecule has 1 aromatic heterocycles. The fourth-order valence-corrected chi connectivity index (χ4v) is 3.54. The maximum atomic E-state index is 12.2. The molecule has 1 aromatic carbocycles. The van der Waals surface area contributed by atoms with Crippen molar-refractivity contribution >= 4 is 44.8 Å². The minimum atomic E-state index is -0.215. The zero-order chi connectivity index (χ0) is 16.1. The minimum Gasteiger partial charge on any atom is -0.493 e. The highest BCUT2D eigenvalue weighted by Crippen LogP contribution is 2.36. The number of nitrogens with one attached hydrogen (secondary N) is 1. The predicted molar refractivity (Wildman–Crippen MR) is 92.4 cm³/mol. The molecule has 2 aromatic rings. The van der Waals surface area contributed by atoms with Gasteiger partial charge in [0.2, 0.25) is 0 Å². The van der Waals surface area contributed by atoms with Gasteiger partial charge in [0.1, 0.15) is 0 Å². The van der Waals surface area contributed by atoms with E-state index in [2.05, 4.69) is 21.2 Å². The summed E-state index contributed by atoms with van der Waals surface area (Å²) in [5, 5.41) is 3.21. The van der Waals surface area contributed by atoms with Crippen LogP contribution in [-0.2, 0) is 6.54 Å². The molecule has 1 heterocycles. The third kappa shape index (κ3) is 4.15. The van der Waals surface area contributed by atoms with E-state index >= 15 is 0 Å². The van der Waals surface area contributed by atoms with Crippen LogP contribution < -0.4 is 14.8 Å². The first-order valence-electron chi connectivity index (χ1n) is 6.58. The number of methoxy groups -OCH3 is 1. The highest BCUT2D eigenvalue weighted by atomic mass is 79.9. The van der Waals surface area contributed by atoms with Crippen molar-refractivity contribution in [2.24, 2.45) is 0 Å². The molecule has 0 aliphatic rings. The summed E-state index contributed by atoms with van der Waals surface area (Å²) in [5.41, 5.74) is 0.431.